The maximum Gasteiger partial charge on any atom is 0.264 e. The van der Waals surface area contributed by atoms with Crippen LogP contribution in [0.1, 0.15) is 5.56 Å². The van der Waals surface area contributed by atoms with E-state index in [4.69, 9.17) is 0 Å². The molecule has 0 fully saturated rings. The van der Waals surface area contributed by atoms with Crippen LogP contribution in [-0.4, -0.2) is 42.5 Å². The molecule has 3 aromatic heterocycles. The second kappa shape index (κ2) is 9.74. The van der Waals surface area contributed by atoms with Crippen molar-refractivity contribution in [1.29, 1.82) is 0 Å². The highest BCUT2D eigenvalue weighted by atomic mass is 32.2. The predicted molar refractivity (Wildman–Crippen MR) is 131 cm³/mol. The number of halogens is 1. The van der Waals surface area contributed by atoms with Crippen molar-refractivity contribution in [3.8, 4) is 0 Å². The lowest BCUT2D eigenvalue weighted by Crippen LogP contribution is -2.29. The molecule has 5 aromatic rings. The van der Waals surface area contributed by atoms with Crippen LogP contribution in [0.4, 0.5) is 4.39 Å². The summed E-state index contributed by atoms with van der Waals surface area (Å²) in [6.45, 7) is 0.794. The minimum atomic E-state index is -0.373. The van der Waals surface area contributed by atoms with Gasteiger partial charge in [-0.15, -0.1) is 11.3 Å². The van der Waals surface area contributed by atoms with Crippen LogP contribution >= 0.6 is 23.1 Å². The Bertz CT molecular complexity index is 1510. The lowest BCUT2D eigenvalue weighted by atomic mass is 10.2. The van der Waals surface area contributed by atoms with Crippen LogP contribution in [0.2, 0.25) is 0 Å². The van der Waals surface area contributed by atoms with Gasteiger partial charge in [-0.1, -0.05) is 42.1 Å². The molecule has 1 amide bonds. The molecule has 34 heavy (non-hydrogen) atoms. The molecule has 1 N–H and O–H groups in total. The van der Waals surface area contributed by atoms with Crippen molar-refractivity contribution in [2.45, 2.75) is 17.4 Å². The van der Waals surface area contributed by atoms with Crippen LogP contribution in [0.15, 0.2) is 70.2 Å². The largest absolute Gasteiger partial charge is 0.354 e. The van der Waals surface area contributed by atoms with Gasteiger partial charge in [-0.3, -0.25) is 14.2 Å². The standard InChI is InChI=1S/C23H19FN6O2S2/c24-17-6-2-1-5-15(17)12-29-14-26-21-16(22(29)32)11-27-30(21)10-9-25-20(31)13-33-23-28-18-7-3-4-8-19(18)34-23/h1-8,11,14H,9-10,12-13H2,(H,25,31). The summed E-state index contributed by atoms with van der Waals surface area (Å²) in [4.78, 5) is 33.9. The first-order chi connectivity index (χ1) is 16.6. The molecule has 8 nitrogen and oxygen atoms in total. The zero-order valence-electron chi connectivity index (χ0n) is 17.8. The first-order valence-corrected chi connectivity index (χ1v) is 12.3. The predicted octanol–water partition coefficient (Wildman–Crippen LogP) is 3.30. The van der Waals surface area contributed by atoms with Crippen molar-refractivity contribution in [3.63, 3.8) is 0 Å². The zero-order chi connectivity index (χ0) is 23.5. The minimum absolute atomic E-state index is 0.0853. The van der Waals surface area contributed by atoms with E-state index in [1.807, 2.05) is 24.3 Å². The monoisotopic (exact) mass is 494 g/mol. The summed E-state index contributed by atoms with van der Waals surface area (Å²) in [5.41, 5.74) is 1.47. The molecule has 3 heterocycles. The number of amides is 1. The Morgan fingerprint density at radius 2 is 1.97 bits per heavy atom. The third-order valence-electron chi connectivity index (χ3n) is 5.17. The first kappa shape index (κ1) is 22.2. The number of hydrogen-bond acceptors (Lipinski definition) is 7. The zero-order valence-corrected chi connectivity index (χ0v) is 19.5. The second-order valence-corrected chi connectivity index (χ2v) is 9.71. The second-order valence-electron chi connectivity index (χ2n) is 7.46. The van der Waals surface area contributed by atoms with Gasteiger partial charge < -0.3 is 5.32 Å². The molecule has 0 atom stereocenters. The summed E-state index contributed by atoms with van der Waals surface area (Å²) in [6, 6.07) is 14.2. The SMILES string of the molecule is O=C(CSc1nc2ccccc2s1)NCCn1ncc2c(=O)n(Cc3ccccc3F)cnc21. The molecule has 11 heteroatoms. The Morgan fingerprint density at radius 3 is 2.82 bits per heavy atom. The van der Waals surface area contributed by atoms with Gasteiger partial charge in [0.2, 0.25) is 5.91 Å². The van der Waals surface area contributed by atoms with Gasteiger partial charge in [0, 0.05) is 12.1 Å². The van der Waals surface area contributed by atoms with Crippen molar-refractivity contribution in [1.82, 2.24) is 29.6 Å². The lowest BCUT2D eigenvalue weighted by molar-refractivity contribution is -0.118. The van der Waals surface area contributed by atoms with E-state index in [9.17, 15) is 14.0 Å². The van der Waals surface area contributed by atoms with Crippen LogP contribution in [0, 0.1) is 5.82 Å². The molecule has 0 aliphatic heterocycles. The summed E-state index contributed by atoms with van der Waals surface area (Å²) in [5.74, 6) is -0.221. The number of nitrogens with one attached hydrogen (secondary N) is 1. The van der Waals surface area contributed by atoms with Crippen LogP contribution in [0.5, 0.6) is 0 Å². The summed E-state index contributed by atoms with van der Waals surface area (Å²) in [5, 5.41) is 7.44. The number of carbonyl (C=O) groups is 1. The smallest absolute Gasteiger partial charge is 0.264 e. The van der Waals surface area contributed by atoms with Gasteiger partial charge in [-0.2, -0.15) is 5.10 Å². The van der Waals surface area contributed by atoms with Crippen molar-refractivity contribution in [2.75, 3.05) is 12.3 Å². The van der Waals surface area contributed by atoms with Gasteiger partial charge in [0.1, 0.15) is 17.5 Å². The number of rotatable bonds is 8. The number of benzene rings is 2. The number of thioether (sulfide) groups is 1. The van der Waals surface area contributed by atoms with Crippen LogP contribution < -0.4 is 10.9 Å². The van der Waals surface area contributed by atoms with E-state index >= 15 is 0 Å². The third-order valence-corrected chi connectivity index (χ3v) is 7.35. The number of nitrogens with zero attached hydrogens (tertiary/aromatic N) is 5. The van der Waals surface area contributed by atoms with Gasteiger partial charge >= 0.3 is 0 Å². The molecule has 0 unspecified atom stereocenters. The highest BCUT2D eigenvalue weighted by Crippen LogP contribution is 2.29. The van der Waals surface area contributed by atoms with E-state index in [1.165, 1.54) is 34.9 Å². The van der Waals surface area contributed by atoms with E-state index < -0.39 is 0 Å². The lowest BCUT2D eigenvalue weighted by Gasteiger charge is -2.08. The van der Waals surface area contributed by atoms with E-state index in [1.54, 1.807) is 34.2 Å². The molecule has 2 aromatic carbocycles. The van der Waals surface area contributed by atoms with Crippen molar-refractivity contribution < 1.29 is 9.18 Å². The van der Waals surface area contributed by atoms with E-state index in [0.717, 1.165) is 14.6 Å². The van der Waals surface area contributed by atoms with E-state index in [0.29, 0.717) is 29.7 Å². The van der Waals surface area contributed by atoms with Crippen LogP contribution in [0.25, 0.3) is 21.3 Å². The van der Waals surface area contributed by atoms with E-state index in [-0.39, 0.29) is 29.6 Å². The summed E-state index contributed by atoms with van der Waals surface area (Å²) in [7, 11) is 0. The Kier molecular flexibility index (Phi) is 6.37. The van der Waals surface area contributed by atoms with Crippen molar-refractivity contribution in [2.24, 2.45) is 0 Å². The van der Waals surface area contributed by atoms with Gasteiger partial charge in [-0.05, 0) is 18.2 Å². The van der Waals surface area contributed by atoms with Crippen LogP contribution in [-0.2, 0) is 17.9 Å². The number of aromatic nitrogens is 5. The molecule has 0 saturated carbocycles. The number of hydrogen-bond donors (Lipinski definition) is 1. The van der Waals surface area contributed by atoms with E-state index in [2.05, 4.69) is 20.4 Å². The minimum Gasteiger partial charge on any atom is -0.354 e. The highest BCUT2D eigenvalue weighted by Gasteiger charge is 2.12. The number of fused-ring (bicyclic) bond motifs is 2. The maximum absolute atomic E-state index is 13.9. The van der Waals surface area contributed by atoms with Gasteiger partial charge in [0.05, 0.1) is 35.3 Å². The molecule has 0 saturated heterocycles. The molecule has 0 aliphatic carbocycles. The quantitative estimate of drug-likeness (QED) is 0.333. The fourth-order valence-corrected chi connectivity index (χ4v) is 5.37. The molecule has 172 valence electrons. The van der Waals surface area contributed by atoms with Crippen LogP contribution in [0.3, 0.4) is 0 Å². The Hall–Kier alpha value is -3.57. The average molecular weight is 495 g/mol. The summed E-state index contributed by atoms with van der Waals surface area (Å²) < 4.78 is 18.8. The third kappa shape index (κ3) is 4.70. The summed E-state index contributed by atoms with van der Waals surface area (Å²) in [6.07, 6.45) is 2.84. The van der Waals surface area contributed by atoms with Gasteiger partial charge in [0.25, 0.3) is 5.56 Å². The maximum atomic E-state index is 13.9. The fraction of sp³-hybridized carbons (Fsp3) is 0.174. The molecule has 5 rings (SSSR count). The summed E-state index contributed by atoms with van der Waals surface area (Å²) >= 11 is 2.96. The Balaban J connectivity index is 1.18. The molecule has 0 radical (unpaired) electrons. The fourth-order valence-electron chi connectivity index (χ4n) is 3.48. The number of carbonyl (C=O) groups excluding carboxylic acids is 1. The van der Waals surface area contributed by atoms with Gasteiger partial charge in [-0.25, -0.2) is 19.0 Å². The van der Waals surface area contributed by atoms with Crippen molar-refractivity contribution >= 4 is 50.3 Å². The molecule has 0 bridgehead atoms. The highest BCUT2D eigenvalue weighted by molar-refractivity contribution is 8.01. The Labute approximate surface area is 201 Å². The number of para-hydroxylation sites is 1. The van der Waals surface area contributed by atoms with Gasteiger partial charge in [0.15, 0.2) is 9.99 Å². The molecular weight excluding hydrogens is 475 g/mol. The molecule has 0 spiro atoms. The number of thiazole rings is 1. The normalized spacial score (nSPS) is 11.3. The molecular formula is C23H19FN6O2S2. The first-order valence-electron chi connectivity index (χ1n) is 10.5. The molecule has 0 aliphatic rings. The average Bonchev–Trinajstić information content (AvgIpc) is 3.45. The van der Waals surface area contributed by atoms with Crippen molar-refractivity contribution in [3.05, 3.63) is 82.8 Å². The topological polar surface area (TPSA) is 94.7 Å². The Morgan fingerprint density at radius 1 is 1.15 bits per heavy atom.